The highest BCUT2D eigenvalue weighted by molar-refractivity contribution is 9.09. The van der Waals surface area contributed by atoms with E-state index in [9.17, 15) is 0 Å². The highest BCUT2D eigenvalue weighted by Crippen LogP contribution is 2.75. The van der Waals surface area contributed by atoms with Crippen molar-refractivity contribution in [2.24, 2.45) is 11.3 Å². The molecule has 0 heterocycles. The van der Waals surface area contributed by atoms with Gasteiger partial charge in [0, 0.05) is 4.83 Å². The average Bonchev–Trinajstić information content (AvgIpc) is 3.37. The van der Waals surface area contributed by atoms with Gasteiger partial charge >= 0.3 is 0 Å². The Kier molecular flexibility index (Phi) is 3.24. The van der Waals surface area contributed by atoms with E-state index in [0.29, 0.717) is 5.41 Å². The van der Waals surface area contributed by atoms with E-state index in [1.54, 1.807) is 0 Å². The number of halogens is 1. The summed E-state index contributed by atoms with van der Waals surface area (Å²) >= 11 is 3.82. The summed E-state index contributed by atoms with van der Waals surface area (Å²) in [6, 6.07) is 22.2. The molecule has 0 saturated heterocycles. The number of hydrogen-bond acceptors (Lipinski definition) is 0. The quantitative estimate of drug-likeness (QED) is 0.573. The Labute approximate surface area is 130 Å². The van der Waals surface area contributed by atoms with Gasteiger partial charge in [0.2, 0.25) is 0 Å². The van der Waals surface area contributed by atoms with Crippen LogP contribution in [-0.2, 0) is 0 Å². The molecule has 1 spiro atoms. The lowest BCUT2D eigenvalue weighted by Gasteiger charge is -2.18. The normalized spacial score (nSPS) is 30.7. The molecule has 3 atom stereocenters. The standard InChI is InChI=1S/C18H18BrP/c19-17-12-18(17)11-14(18)13-20(15-7-3-1-4-8-15)16-9-5-2-6-10-16/h1-10,14,17H,11-13H2/t14-,17-,18-/m1/s1. The van der Waals surface area contributed by atoms with Crippen LogP contribution in [0.3, 0.4) is 0 Å². The van der Waals surface area contributed by atoms with E-state index < -0.39 is 0 Å². The van der Waals surface area contributed by atoms with Crippen LogP contribution in [-0.4, -0.2) is 11.0 Å². The van der Waals surface area contributed by atoms with E-state index in [4.69, 9.17) is 0 Å². The molecular formula is C18H18BrP. The van der Waals surface area contributed by atoms with E-state index in [1.807, 2.05) is 0 Å². The fourth-order valence-electron chi connectivity index (χ4n) is 3.35. The first-order valence-corrected chi connectivity index (χ1v) is 9.75. The largest absolute Gasteiger partial charge is 0.0884 e. The minimum Gasteiger partial charge on any atom is -0.0884 e. The summed E-state index contributed by atoms with van der Waals surface area (Å²) in [4.78, 5) is 0.809. The number of alkyl halides is 1. The molecular weight excluding hydrogens is 327 g/mol. The maximum Gasteiger partial charge on any atom is 0.0211 e. The molecule has 0 amide bonds. The zero-order valence-electron chi connectivity index (χ0n) is 11.4. The Morgan fingerprint density at radius 3 is 1.80 bits per heavy atom. The molecule has 2 aromatic rings. The van der Waals surface area contributed by atoms with E-state index in [-0.39, 0.29) is 7.92 Å². The third-order valence-corrected chi connectivity index (χ3v) is 8.73. The molecule has 2 aliphatic carbocycles. The molecule has 0 aliphatic heterocycles. The lowest BCUT2D eigenvalue weighted by atomic mass is 10.3. The molecule has 0 N–H and O–H groups in total. The third kappa shape index (κ3) is 2.26. The topological polar surface area (TPSA) is 0 Å². The Hall–Kier alpha value is -0.650. The summed E-state index contributed by atoms with van der Waals surface area (Å²) in [5.74, 6) is 0.943. The van der Waals surface area contributed by atoms with Crippen molar-refractivity contribution in [2.75, 3.05) is 6.16 Å². The average molecular weight is 345 g/mol. The molecule has 0 unspecified atom stereocenters. The fourth-order valence-corrected chi connectivity index (χ4v) is 7.23. The van der Waals surface area contributed by atoms with Gasteiger partial charge in [0.05, 0.1) is 0 Å². The van der Waals surface area contributed by atoms with Crippen LogP contribution in [0.15, 0.2) is 60.7 Å². The predicted octanol–water partition coefficient (Wildman–Crippen LogP) is 4.29. The van der Waals surface area contributed by atoms with Crippen molar-refractivity contribution >= 4 is 34.5 Å². The smallest absolute Gasteiger partial charge is 0.0211 e. The molecule has 20 heavy (non-hydrogen) atoms. The Balaban J connectivity index is 1.61. The third-order valence-electron chi connectivity index (χ3n) is 4.84. The lowest BCUT2D eigenvalue weighted by Crippen LogP contribution is -2.15. The Morgan fingerprint density at radius 1 is 0.900 bits per heavy atom. The summed E-state index contributed by atoms with van der Waals surface area (Å²) in [6.45, 7) is 0. The van der Waals surface area contributed by atoms with Crippen LogP contribution < -0.4 is 10.6 Å². The molecule has 0 nitrogen and oxygen atoms in total. The van der Waals surface area contributed by atoms with Crippen LogP contribution in [0.25, 0.3) is 0 Å². The van der Waals surface area contributed by atoms with Crippen LogP contribution in [0, 0.1) is 11.3 Å². The van der Waals surface area contributed by atoms with Gasteiger partial charge in [-0.15, -0.1) is 0 Å². The molecule has 4 rings (SSSR count). The summed E-state index contributed by atoms with van der Waals surface area (Å²) in [6.07, 6.45) is 4.22. The second-order valence-corrected chi connectivity index (χ2v) is 9.45. The molecule has 0 aromatic heterocycles. The van der Waals surface area contributed by atoms with Crippen molar-refractivity contribution < 1.29 is 0 Å². The van der Waals surface area contributed by atoms with Gasteiger partial charge in [0.25, 0.3) is 0 Å². The second-order valence-electron chi connectivity index (χ2n) is 6.09. The van der Waals surface area contributed by atoms with Crippen molar-refractivity contribution in [1.29, 1.82) is 0 Å². The van der Waals surface area contributed by atoms with E-state index in [2.05, 4.69) is 76.6 Å². The van der Waals surface area contributed by atoms with Gasteiger partial charge in [-0.25, -0.2) is 0 Å². The van der Waals surface area contributed by atoms with Crippen LogP contribution >= 0.6 is 23.9 Å². The van der Waals surface area contributed by atoms with Gasteiger partial charge in [-0.1, -0.05) is 76.6 Å². The summed E-state index contributed by atoms with van der Waals surface area (Å²) in [7, 11) is -0.186. The monoisotopic (exact) mass is 344 g/mol. The van der Waals surface area contributed by atoms with E-state index >= 15 is 0 Å². The maximum atomic E-state index is 3.82. The van der Waals surface area contributed by atoms with Crippen molar-refractivity contribution in [3.8, 4) is 0 Å². The molecule has 102 valence electrons. The first-order valence-electron chi connectivity index (χ1n) is 7.31. The van der Waals surface area contributed by atoms with Crippen LogP contribution in [0.2, 0.25) is 0 Å². The molecule has 2 fully saturated rings. The zero-order valence-corrected chi connectivity index (χ0v) is 13.9. The highest BCUT2D eigenvalue weighted by Gasteiger charge is 2.69. The summed E-state index contributed by atoms with van der Waals surface area (Å²) < 4.78 is 0. The minimum absolute atomic E-state index is 0.186. The van der Waals surface area contributed by atoms with Gasteiger partial charge in [-0.2, -0.15) is 0 Å². The van der Waals surface area contributed by atoms with Crippen LogP contribution in [0.1, 0.15) is 12.8 Å². The van der Waals surface area contributed by atoms with Gasteiger partial charge in [-0.05, 0) is 48.9 Å². The first kappa shape index (κ1) is 13.0. The van der Waals surface area contributed by atoms with Gasteiger partial charge in [0.1, 0.15) is 0 Å². The number of rotatable bonds is 4. The van der Waals surface area contributed by atoms with Gasteiger partial charge in [-0.3, -0.25) is 0 Å². The van der Waals surface area contributed by atoms with Crippen LogP contribution in [0.5, 0.6) is 0 Å². The molecule has 0 radical (unpaired) electrons. The zero-order chi connectivity index (χ0) is 13.6. The van der Waals surface area contributed by atoms with E-state index in [0.717, 1.165) is 10.7 Å². The van der Waals surface area contributed by atoms with Crippen molar-refractivity contribution in [3.05, 3.63) is 60.7 Å². The first-order chi connectivity index (χ1) is 9.79. The lowest BCUT2D eigenvalue weighted by molar-refractivity contribution is 0.784. The SMILES string of the molecule is Br[C@@H]1C[C@@]12C[C@@H]2CP(c1ccccc1)c1ccccc1. The summed E-state index contributed by atoms with van der Waals surface area (Å²) in [5.41, 5.74) is 0.699. The predicted molar refractivity (Wildman–Crippen MR) is 91.8 cm³/mol. The maximum absolute atomic E-state index is 3.82. The number of benzene rings is 2. The molecule has 2 saturated carbocycles. The molecule has 2 heteroatoms. The minimum atomic E-state index is -0.186. The molecule has 2 aliphatic rings. The fraction of sp³-hybridized carbons (Fsp3) is 0.333. The number of hydrogen-bond donors (Lipinski definition) is 0. The van der Waals surface area contributed by atoms with Crippen LogP contribution in [0.4, 0.5) is 0 Å². The Bertz CT molecular complexity index is 558. The van der Waals surface area contributed by atoms with Crippen molar-refractivity contribution in [3.63, 3.8) is 0 Å². The molecule has 0 bridgehead atoms. The molecule has 2 aromatic carbocycles. The summed E-state index contributed by atoms with van der Waals surface area (Å²) in [5, 5.41) is 3.06. The highest BCUT2D eigenvalue weighted by atomic mass is 79.9. The Morgan fingerprint density at radius 2 is 1.40 bits per heavy atom. The van der Waals surface area contributed by atoms with Crippen molar-refractivity contribution in [1.82, 2.24) is 0 Å². The second kappa shape index (κ2) is 4.97. The van der Waals surface area contributed by atoms with E-state index in [1.165, 1.54) is 29.6 Å². The van der Waals surface area contributed by atoms with Crippen molar-refractivity contribution in [2.45, 2.75) is 17.7 Å². The van der Waals surface area contributed by atoms with Gasteiger partial charge in [0.15, 0.2) is 0 Å². The van der Waals surface area contributed by atoms with Gasteiger partial charge < -0.3 is 0 Å².